The molecule has 0 N–H and O–H groups in total. The standard InChI is InChI=1S/C29H33NOS2/c1-6-15-33-29(32)30-18-26(16-22-7-11-24(12-8-22)20(2)3)28(31)27(19-30)17-23-9-13-25(14-10-23)21(4)5/h6-14,16-17,20-21H,1,15,18-19H2,2-5H3/b26-16+,27-17+. The molecule has 0 bridgehead atoms. The number of carbonyl (C=O) groups excluding carboxylic acids is 1. The first kappa shape index (κ1) is 25.2. The van der Waals surface area contributed by atoms with E-state index in [1.807, 2.05) is 18.2 Å². The smallest absolute Gasteiger partial charge is 0.188 e. The molecule has 4 heteroatoms. The number of rotatable bonds is 6. The fourth-order valence-corrected chi connectivity index (χ4v) is 4.65. The van der Waals surface area contributed by atoms with Gasteiger partial charge in [-0.3, -0.25) is 4.79 Å². The summed E-state index contributed by atoms with van der Waals surface area (Å²) < 4.78 is 0.796. The first-order valence-corrected chi connectivity index (χ1v) is 12.9. The van der Waals surface area contributed by atoms with Gasteiger partial charge in [-0.15, -0.1) is 6.58 Å². The number of hydrogen-bond acceptors (Lipinski definition) is 3. The molecule has 2 aromatic rings. The van der Waals surface area contributed by atoms with Crippen LogP contribution in [-0.4, -0.2) is 33.8 Å². The minimum absolute atomic E-state index is 0.101. The van der Waals surface area contributed by atoms with Crippen molar-refractivity contribution in [1.29, 1.82) is 0 Å². The Bertz CT molecular complexity index is 986. The number of piperidine rings is 1. The maximum atomic E-state index is 13.4. The lowest BCUT2D eigenvalue weighted by atomic mass is 9.93. The average molecular weight is 476 g/mol. The molecule has 1 saturated heterocycles. The van der Waals surface area contributed by atoms with Crippen molar-refractivity contribution >= 4 is 46.2 Å². The van der Waals surface area contributed by atoms with Crippen LogP contribution in [-0.2, 0) is 4.79 Å². The Kier molecular flexibility index (Phi) is 8.87. The lowest BCUT2D eigenvalue weighted by Gasteiger charge is -2.31. The van der Waals surface area contributed by atoms with Gasteiger partial charge < -0.3 is 4.90 Å². The summed E-state index contributed by atoms with van der Waals surface area (Å²) in [6.45, 7) is 13.6. The van der Waals surface area contributed by atoms with Crippen molar-refractivity contribution in [2.24, 2.45) is 0 Å². The molecule has 33 heavy (non-hydrogen) atoms. The summed E-state index contributed by atoms with van der Waals surface area (Å²) in [5, 5.41) is 0. The summed E-state index contributed by atoms with van der Waals surface area (Å²) in [6, 6.07) is 16.9. The van der Waals surface area contributed by atoms with Gasteiger partial charge in [-0.05, 0) is 46.2 Å². The number of thioether (sulfide) groups is 1. The summed E-state index contributed by atoms with van der Waals surface area (Å²) >= 11 is 7.26. The number of thiocarbonyl (C=S) groups is 1. The van der Waals surface area contributed by atoms with Crippen LogP contribution in [0.25, 0.3) is 12.2 Å². The van der Waals surface area contributed by atoms with Crippen LogP contribution in [0.1, 0.15) is 61.8 Å². The third kappa shape index (κ3) is 6.78. The summed E-state index contributed by atoms with van der Waals surface area (Å²) in [4.78, 5) is 15.6. The van der Waals surface area contributed by atoms with Gasteiger partial charge in [0.05, 0.1) is 0 Å². The van der Waals surface area contributed by atoms with Crippen LogP contribution in [0.3, 0.4) is 0 Å². The zero-order valence-corrected chi connectivity index (χ0v) is 21.6. The predicted octanol–water partition coefficient (Wildman–Crippen LogP) is 7.49. The number of ketones is 1. The van der Waals surface area contributed by atoms with Crippen molar-refractivity contribution in [3.05, 3.63) is 94.6 Å². The van der Waals surface area contributed by atoms with Gasteiger partial charge in [0.2, 0.25) is 0 Å². The Hall–Kier alpha value is -2.43. The molecule has 2 nitrogen and oxygen atoms in total. The predicted molar refractivity (Wildman–Crippen MR) is 149 cm³/mol. The molecule has 1 heterocycles. The third-order valence-corrected chi connectivity index (χ3v) is 7.30. The number of Topliss-reactive ketones (excluding diaryl/α,β-unsaturated/α-hetero) is 1. The van der Waals surface area contributed by atoms with E-state index < -0.39 is 0 Å². The number of likely N-dealkylation sites (tertiary alicyclic amines) is 1. The minimum atomic E-state index is 0.101. The van der Waals surface area contributed by atoms with Gasteiger partial charge in [-0.2, -0.15) is 0 Å². The van der Waals surface area contributed by atoms with Gasteiger partial charge in [-0.1, -0.05) is 106 Å². The van der Waals surface area contributed by atoms with E-state index in [2.05, 4.69) is 87.7 Å². The van der Waals surface area contributed by atoms with E-state index in [0.717, 1.165) is 32.3 Å². The molecule has 0 radical (unpaired) electrons. The highest BCUT2D eigenvalue weighted by Gasteiger charge is 2.27. The lowest BCUT2D eigenvalue weighted by molar-refractivity contribution is -0.113. The molecule has 0 amide bonds. The van der Waals surface area contributed by atoms with Crippen molar-refractivity contribution in [3.63, 3.8) is 0 Å². The van der Waals surface area contributed by atoms with Crippen molar-refractivity contribution < 1.29 is 4.79 Å². The Balaban J connectivity index is 1.93. The fourth-order valence-electron chi connectivity index (χ4n) is 3.75. The Morgan fingerprint density at radius 1 is 0.909 bits per heavy atom. The van der Waals surface area contributed by atoms with E-state index in [0.29, 0.717) is 24.9 Å². The third-order valence-electron chi connectivity index (χ3n) is 5.78. The molecule has 0 spiro atoms. The van der Waals surface area contributed by atoms with E-state index >= 15 is 0 Å². The van der Waals surface area contributed by atoms with E-state index in [-0.39, 0.29) is 5.78 Å². The van der Waals surface area contributed by atoms with Crippen LogP contribution in [0.5, 0.6) is 0 Å². The Morgan fingerprint density at radius 2 is 1.33 bits per heavy atom. The number of benzene rings is 2. The molecule has 0 atom stereocenters. The molecule has 0 unspecified atom stereocenters. The fraction of sp³-hybridized carbons (Fsp3) is 0.310. The Morgan fingerprint density at radius 3 is 1.70 bits per heavy atom. The molecular formula is C29H33NOS2. The Labute approximate surface area is 208 Å². The van der Waals surface area contributed by atoms with E-state index in [9.17, 15) is 4.79 Å². The molecule has 3 rings (SSSR count). The number of carbonyl (C=O) groups is 1. The molecule has 1 aliphatic rings. The van der Waals surface area contributed by atoms with Crippen molar-refractivity contribution in [2.75, 3.05) is 18.8 Å². The highest BCUT2D eigenvalue weighted by atomic mass is 32.2. The molecule has 172 valence electrons. The molecular weight excluding hydrogens is 442 g/mol. The van der Waals surface area contributed by atoms with Crippen LogP contribution in [0.2, 0.25) is 0 Å². The second-order valence-corrected chi connectivity index (χ2v) is 10.7. The van der Waals surface area contributed by atoms with Gasteiger partial charge in [0.1, 0.15) is 4.32 Å². The number of hydrogen-bond donors (Lipinski definition) is 0. The molecule has 1 fully saturated rings. The average Bonchev–Trinajstić information content (AvgIpc) is 2.80. The van der Waals surface area contributed by atoms with Crippen LogP contribution in [0.4, 0.5) is 0 Å². The first-order chi connectivity index (χ1) is 15.8. The van der Waals surface area contributed by atoms with Gasteiger partial charge in [0.15, 0.2) is 5.78 Å². The first-order valence-electron chi connectivity index (χ1n) is 11.5. The number of nitrogens with zero attached hydrogens (tertiary/aromatic N) is 1. The van der Waals surface area contributed by atoms with Crippen molar-refractivity contribution in [1.82, 2.24) is 4.90 Å². The maximum Gasteiger partial charge on any atom is 0.188 e. The quantitative estimate of drug-likeness (QED) is 0.245. The van der Waals surface area contributed by atoms with E-state index in [1.165, 1.54) is 11.1 Å². The van der Waals surface area contributed by atoms with Crippen LogP contribution in [0.15, 0.2) is 72.3 Å². The molecule has 0 aromatic heterocycles. The normalized spacial score (nSPS) is 16.8. The summed E-state index contributed by atoms with van der Waals surface area (Å²) in [6.07, 6.45) is 5.87. The van der Waals surface area contributed by atoms with Gasteiger partial charge in [0.25, 0.3) is 0 Å². The largest absolute Gasteiger partial charge is 0.349 e. The summed E-state index contributed by atoms with van der Waals surface area (Å²) in [5.41, 5.74) is 6.20. The molecule has 0 saturated carbocycles. The van der Waals surface area contributed by atoms with E-state index in [4.69, 9.17) is 12.2 Å². The zero-order valence-electron chi connectivity index (χ0n) is 20.0. The summed E-state index contributed by atoms with van der Waals surface area (Å²) in [5.74, 6) is 1.82. The van der Waals surface area contributed by atoms with Gasteiger partial charge in [-0.25, -0.2) is 0 Å². The minimum Gasteiger partial charge on any atom is -0.349 e. The van der Waals surface area contributed by atoms with Crippen LogP contribution >= 0.6 is 24.0 Å². The zero-order chi connectivity index (χ0) is 24.0. The van der Waals surface area contributed by atoms with Gasteiger partial charge in [0, 0.05) is 30.0 Å². The highest BCUT2D eigenvalue weighted by molar-refractivity contribution is 8.23. The van der Waals surface area contributed by atoms with E-state index in [1.54, 1.807) is 11.8 Å². The maximum absolute atomic E-state index is 13.4. The highest BCUT2D eigenvalue weighted by Crippen LogP contribution is 2.26. The SMILES string of the molecule is C=CCSC(=S)N1C/C(=C\c2ccc(C(C)C)cc2)C(=O)/C(=C/c2ccc(C(C)C)cc2)C1. The topological polar surface area (TPSA) is 20.3 Å². The second kappa shape index (κ2) is 11.6. The second-order valence-electron chi connectivity index (χ2n) is 9.03. The van der Waals surface area contributed by atoms with Crippen LogP contribution < -0.4 is 0 Å². The molecule has 0 aliphatic carbocycles. The molecule has 2 aromatic carbocycles. The monoisotopic (exact) mass is 475 g/mol. The lowest BCUT2D eigenvalue weighted by Crippen LogP contribution is -2.39. The van der Waals surface area contributed by atoms with Crippen LogP contribution in [0, 0.1) is 0 Å². The summed E-state index contributed by atoms with van der Waals surface area (Å²) in [7, 11) is 0. The van der Waals surface area contributed by atoms with Crippen molar-refractivity contribution in [2.45, 2.75) is 39.5 Å². The van der Waals surface area contributed by atoms with Gasteiger partial charge >= 0.3 is 0 Å². The molecule has 1 aliphatic heterocycles. The van der Waals surface area contributed by atoms with Crippen molar-refractivity contribution in [3.8, 4) is 0 Å².